The van der Waals surface area contributed by atoms with E-state index in [9.17, 15) is 15.0 Å². The maximum absolute atomic E-state index is 12.4. The number of amides is 1. The number of hydrogen-bond acceptors (Lipinski definition) is 3. The first-order chi connectivity index (χ1) is 26.2. The third kappa shape index (κ3) is 42.1. The molecule has 2 atom stereocenters. The van der Waals surface area contributed by atoms with Crippen molar-refractivity contribution in [2.45, 2.75) is 289 Å². The highest BCUT2D eigenvalue weighted by atomic mass is 16.3. The normalized spacial score (nSPS) is 12.9. The smallest absolute Gasteiger partial charge is 0.220 e. The van der Waals surface area contributed by atoms with E-state index < -0.39 is 12.1 Å². The lowest BCUT2D eigenvalue weighted by atomic mass is 10.0. The molecule has 0 spiro atoms. The van der Waals surface area contributed by atoms with E-state index in [-0.39, 0.29) is 12.5 Å². The van der Waals surface area contributed by atoms with Gasteiger partial charge in [0.05, 0.1) is 18.8 Å². The minimum absolute atomic E-state index is 0.0586. The molecule has 2 unspecified atom stereocenters. The first-order valence-electron chi connectivity index (χ1n) is 24.4. The van der Waals surface area contributed by atoms with Crippen LogP contribution in [0.5, 0.6) is 0 Å². The maximum atomic E-state index is 12.4. The van der Waals surface area contributed by atoms with Crippen molar-refractivity contribution in [3.8, 4) is 0 Å². The molecule has 0 aliphatic heterocycles. The molecule has 1 amide bonds. The second-order valence-electron chi connectivity index (χ2n) is 16.9. The molecule has 316 valence electrons. The van der Waals surface area contributed by atoms with Gasteiger partial charge in [-0.2, -0.15) is 0 Å². The van der Waals surface area contributed by atoms with Gasteiger partial charge in [0, 0.05) is 6.42 Å². The summed E-state index contributed by atoms with van der Waals surface area (Å²) in [5, 5.41) is 23.0. The SMILES string of the molecule is CCCCCCCCCCCCCC=CC(O)C(CO)NC(=O)CCCCCCCCCCCCCCCCCCCCCCCCCCCCCC. The van der Waals surface area contributed by atoms with Gasteiger partial charge in [-0.25, -0.2) is 0 Å². The van der Waals surface area contributed by atoms with Gasteiger partial charge in [0.2, 0.25) is 5.91 Å². The molecule has 0 saturated heterocycles. The molecule has 0 radical (unpaired) electrons. The third-order valence-corrected chi connectivity index (χ3v) is 11.5. The lowest BCUT2D eigenvalue weighted by Crippen LogP contribution is -2.45. The Labute approximate surface area is 333 Å². The number of nitrogens with one attached hydrogen (secondary N) is 1. The van der Waals surface area contributed by atoms with Crippen LogP contribution in [0.1, 0.15) is 277 Å². The summed E-state index contributed by atoms with van der Waals surface area (Å²) in [7, 11) is 0. The zero-order chi connectivity index (χ0) is 38.6. The van der Waals surface area contributed by atoms with Crippen molar-refractivity contribution in [1.29, 1.82) is 0 Å². The molecule has 0 fully saturated rings. The molecule has 0 aromatic heterocycles. The zero-order valence-corrected chi connectivity index (χ0v) is 36.3. The van der Waals surface area contributed by atoms with Gasteiger partial charge in [-0.1, -0.05) is 264 Å². The Morgan fingerprint density at radius 2 is 0.698 bits per heavy atom. The Morgan fingerprint density at radius 3 is 0.981 bits per heavy atom. The summed E-state index contributed by atoms with van der Waals surface area (Å²) in [6, 6.07) is -0.616. The Morgan fingerprint density at radius 1 is 0.434 bits per heavy atom. The predicted molar refractivity (Wildman–Crippen MR) is 235 cm³/mol. The van der Waals surface area contributed by atoms with Gasteiger partial charge in [-0.3, -0.25) is 4.79 Å². The number of carbonyl (C=O) groups excluding carboxylic acids is 1. The molecule has 0 aliphatic carbocycles. The van der Waals surface area contributed by atoms with Gasteiger partial charge in [-0.15, -0.1) is 0 Å². The van der Waals surface area contributed by atoms with E-state index in [1.165, 1.54) is 231 Å². The largest absolute Gasteiger partial charge is 0.394 e. The van der Waals surface area contributed by atoms with Crippen LogP contribution >= 0.6 is 0 Å². The van der Waals surface area contributed by atoms with Gasteiger partial charge in [0.25, 0.3) is 0 Å². The van der Waals surface area contributed by atoms with Crippen LogP contribution in [0.3, 0.4) is 0 Å². The van der Waals surface area contributed by atoms with Crippen LogP contribution in [-0.4, -0.2) is 34.9 Å². The average molecular weight is 748 g/mol. The Bertz CT molecular complexity index is 725. The van der Waals surface area contributed by atoms with Crippen molar-refractivity contribution < 1.29 is 15.0 Å². The summed E-state index contributed by atoms with van der Waals surface area (Å²) >= 11 is 0. The lowest BCUT2D eigenvalue weighted by molar-refractivity contribution is -0.123. The van der Waals surface area contributed by atoms with E-state index in [2.05, 4.69) is 19.2 Å². The quantitative estimate of drug-likeness (QED) is 0.0429. The summed E-state index contributed by atoms with van der Waals surface area (Å²) in [6.45, 7) is 4.33. The van der Waals surface area contributed by atoms with E-state index in [0.717, 1.165) is 25.7 Å². The monoisotopic (exact) mass is 748 g/mol. The topological polar surface area (TPSA) is 69.6 Å². The third-order valence-electron chi connectivity index (χ3n) is 11.5. The molecule has 0 bridgehead atoms. The van der Waals surface area contributed by atoms with Gasteiger partial charge in [0.15, 0.2) is 0 Å². The predicted octanol–water partition coefficient (Wildman–Crippen LogP) is 15.4. The molecular weight excluding hydrogens is 651 g/mol. The second kappa shape index (κ2) is 45.5. The molecule has 4 nitrogen and oxygen atoms in total. The van der Waals surface area contributed by atoms with Crippen LogP contribution in [0.4, 0.5) is 0 Å². The number of hydrogen-bond donors (Lipinski definition) is 3. The summed E-state index contributed by atoms with van der Waals surface area (Å²) in [6.07, 6.45) is 57.8. The van der Waals surface area contributed by atoms with E-state index >= 15 is 0 Å². The molecule has 0 aliphatic rings. The highest BCUT2D eigenvalue weighted by molar-refractivity contribution is 5.76. The Kier molecular flexibility index (Phi) is 44.8. The van der Waals surface area contributed by atoms with Crippen LogP contribution in [-0.2, 0) is 4.79 Å². The van der Waals surface area contributed by atoms with Crippen molar-refractivity contribution in [2.75, 3.05) is 6.61 Å². The number of rotatable bonds is 45. The van der Waals surface area contributed by atoms with Crippen LogP contribution in [0.2, 0.25) is 0 Å². The minimum Gasteiger partial charge on any atom is -0.394 e. The minimum atomic E-state index is -0.833. The summed E-state index contributed by atoms with van der Waals surface area (Å²) in [5.41, 5.74) is 0. The molecule has 0 saturated carbocycles. The van der Waals surface area contributed by atoms with Crippen molar-refractivity contribution in [3.63, 3.8) is 0 Å². The molecule has 4 heteroatoms. The molecular formula is C49H97NO3. The fourth-order valence-corrected chi connectivity index (χ4v) is 7.77. The van der Waals surface area contributed by atoms with Gasteiger partial charge in [0.1, 0.15) is 0 Å². The number of allylic oxidation sites excluding steroid dienone is 1. The van der Waals surface area contributed by atoms with Crippen molar-refractivity contribution in [1.82, 2.24) is 5.32 Å². The zero-order valence-electron chi connectivity index (χ0n) is 36.3. The second-order valence-corrected chi connectivity index (χ2v) is 16.9. The summed E-state index contributed by atoms with van der Waals surface area (Å²) in [4.78, 5) is 12.4. The van der Waals surface area contributed by atoms with Gasteiger partial charge >= 0.3 is 0 Å². The lowest BCUT2D eigenvalue weighted by Gasteiger charge is -2.20. The van der Waals surface area contributed by atoms with Crippen molar-refractivity contribution in [2.24, 2.45) is 0 Å². The molecule has 3 N–H and O–H groups in total. The molecule has 0 aromatic rings. The summed E-state index contributed by atoms with van der Waals surface area (Å²) in [5.74, 6) is -0.0586. The average Bonchev–Trinajstić information content (AvgIpc) is 3.16. The molecule has 0 heterocycles. The van der Waals surface area contributed by atoms with Crippen LogP contribution in [0, 0.1) is 0 Å². The highest BCUT2D eigenvalue weighted by Gasteiger charge is 2.18. The summed E-state index contributed by atoms with van der Waals surface area (Å²) < 4.78 is 0. The highest BCUT2D eigenvalue weighted by Crippen LogP contribution is 2.17. The van der Waals surface area contributed by atoms with Crippen LogP contribution in [0.15, 0.2) is 12.2 Å². The fourth-order valence-electron chi connectivity index (χ4n) is 7.77. The standard InChI is InChI=1S/C49H97NO3/c1-3-5-7-9-11-13-15-17-18-19-20-21-22-23-24-25-26-27-28-29-30-31-33-35-37-39-41-43-45-49(53)50-47(46-51)48(52)44-42-40-38-36-34-32-16-14-12-10-8-6-4-2/h42,44,47-48,51-52H,3-41,43,45-46H2,1-2H3,(H,50,53). The molecule has 0 rings (SSSR count). The van der Waals surface area contributed by atoms with E-state index in [1.54, 1.807) is 6.08 Å². The maximum Gasteiger partial charge on any atom is 0.220 e. The molecule has 0 aromatic carbocycles. The van der Waals surface area contributed by atoms with Crippen LogP contribution < -0.4 is 5.32 Å². The first-order valence-corrected chi connectivity index (χ1v) is 24.4. The number of aliphatic hydroxyl groups is 2. The van der Waals surface area contributed by atoms with Crippen LogP contribution in [0.25, 0.3) is 0 Å². The Balaban J connectivity index is 3.42. The van der Waals surface area contributed by atoms with E-state index in [1.807, 2.05) is 6.08 Å². The van der Waals surface area contributed by atoms with Crippen molar-refractivity contribution in [3.05, 3.63) is 12.2 Å². The number of carbonyl (C=O) groups is 1. The van der Waals surface area contributed by atoms with Gasteiger partial charge in [-0.05, 0) is 19.3 Å². The number of unbranched alkanes of at least 4 members (excludes halogenated alkanes) is 38. The fraction of sp³-hybridized carbons (Fsp3) is 0.939. The first kappa shape index (κ1) is 52.1. The van der Waals surface area contributed by atoms with E-state index in [4.69, 9.17) is 0 Å². The molecule has 53 heavy (non-hydrogen) atoms. The van der Waals surface area contributed by atoms with Gasteiger partial charge < -0.3 is 15.5 Å². The van der Waals surface area contributed by atoms with E-state index in [0.29, 0.717) is 6.42 Å². The van der Waals surface area contributed by atoms with Crippen molar-refractivity contribution >= 4 is 5.91 Å². The Hall–Kier alpha value is -0.870. The number of aliphatic hydroxyl groups excluding tert-OH is 2.